The summed E-state index contributed by atoms with van der Waals surface area (Å²) in [5, 5.41) is 18.3. The van der Waals surface area contributed by atoms with Crippen LogP contribution < -0.4 is 0 Å². The third-order valence-corrected chi connectivity index (χ3v) is 2.86. The monoisotopic (exact) mass is 246 g/mol. The molecule has 1 aromatic carbocycles. The number of carbonyl (C=O) groups is 1. The molecule has 1 saturated heterocycles. The molecule has 0 radical (unpaired) electrons. The fourth-order valence-electron chi connectivity index (χ4n) is 1.95. The minimum atomic E-state index is -0.511. The number of carbonyl (C=O) groups excluding carboxylic acids is 1. The Morgan fingerprint density at radius 2 is 2.44 bits per heavy atom. The van der Waals surface area contributed by atoms with Gasteiger partial charge in [-0.25, -0.2) is 0 Å². The first-order chi connectivity index (χ1) is 8.70. The van der Waals surface area contributed by atoms with Gasteiger partial charge in [-0.3, -0.25) is 4.79 Å². The molecule has 1 aromatic rings. The van der Waals surface area contributed by atoms with Crippen LogP contribution in [0.2, 0.25) is 0 Å². The number of benzene rings is 1. The quantitative estimate of drug-likeness (QED) is 0.833. The number of hydrogen-bond donors (Lipinski definition) is 1. The summed E-state index contributed by atoms with van der Waals surface area (Å²) >= 11 is 0. The van der Waals surface area contributed by atoms with E-state index in [2.05, 4.69) is 6.07 Å². The van der Waals surface area contributed by atoms with Crippen LogP contribution in [-0.4, -0.2) is 41.7 Å². The Bertz CT molecular complexity index is 481. The van der Waals surface area contributed by atoms with E-state index in [-0.39, 0.29) is 24.7 Å². The summed E-state index contributed by atoms with van der Waals surface area (Å²) in [6, 6.07) is 8.13. The van der Waals surface area contributed by atoms with Crippen molar-refractivity contribution in [1.82, 2.24) is 4.90 Å². The molecule has 1 amide bonds. The average molecular weight is 246 g/mol. The molecule has 1 fully saturated rings. The predicted octanol–water partition coefficient (Wildman–Crippen LogP) is 0.686. The molecule has 0 aromatic heterocycles. The second-order valence-corrected chi connectivity index (χ2v) is 4.15. The molecule has 0 unspecified atom stereocenters. The fourth-order valence-corrected chi connectivity index (χ4v) is 1.95. The van der Waals surface area contributed by atoms with E-state index in [9.17, 15) is 9.90 Å². The topological polar surface area (TPSA) is 73.6 Å². The van der Waals surface area contributed by atoms with E-state index in [1.165, 1.54) is 4.90 Å². The first-order valence-corrected chi connectivity index (χ1v) is 5.75. The van der Waals surface area contributed by atoms with Gasteiger partial charge in [0.2, 0.25) is 5.91 Å². The van der Waals surface area contributed by atoms with Crippen molar-refractivity contribution in [2.45, 2.75) is 12.5 Å². The van der Waals surface area contributed by atoms with E-state index in [1.807, 2.05) is 0 Å². The summed E-state index contributed by atoms with van der Waals surface area (Å²) in [6.07, 6.45) is 0.187. The van der Waals surface area contributed by atoms with Crippen molar-refractivity contribution >= 4 is 5.91 Å². The Morgan fingerprint density at radius 3 is 3.17 bits per heavy atom. The summed E-state index contributed by atoms with van der Waals surface area (Å²) in [4.78, 5) is 13.6. The summed E-state index contributed by atoms with van der Waals surface area (Å²) < 4.78 is 5.17. The molecule has 5 heteroatoms. The number of amides is 1. The van der Waals surface area contributed by atoms with Gasteiger partial charge in [-0.15, -0.1) is 0 Å². The third kappa shape index (κ3) is 2.79. The third-order valence-electron chi connectivity index (χ3n) is 2.86. The molecular weight excluding hydrogens is 232 g/mol. The smallest absolute Gasteiger partial charge is 0.228 e. The molecule has 0 bridgehead atoms. The van der Waals surface area contributed by atoms with Crippen LogP contribution in [0.25, 0.3) is 0 Å². The molecule has 94 valence electrons. The lowest BCUT2D eigenvalue weighted by atomic mass is 10.1. The van der Waals surface area contributed by atoms with Crippen LogP contribution in [-0.2, 0) is 16.0 Å². The number of phenolic OH excluding ortho intramolecular Hbond substituents is 1. The predicted molar refractivity (Wildman–Crippen MR) is 63.7 cm³/mol. The van der Waals surface area contributed by atoms with Gasteiger partial charge in [0.15, 0.2) is 0 Å². The molecule has 0 saturated carbocycles. The zero-order valence-corrected chi connectivity index (χ0v) is 9.87. The van der Waals surface area contributed by atoms with Crippen LogP contribution in [0.1, 0.15) is 5.56 Å². The Hall–Kier alpha value is -2.06. The first kappa shape index (κ1) is 12.4. The van der Waals surface area contributed by atoms with Crippen LogP contribution in [0.5, 0.6) is 5.75 Å². The van der Waals surface area contributed by atoms with Gasteiger partial charge in [-0.05, 0) is 17.7 Å². The number of aromatic hydroxyl groups is 1. The molecule has 0 spiro atoms. The highest BCUT2D eigenvalue weighted by atomic mass is 16.5. The molecule has 18 heavy (non-hydrogen) atoms. The molecular formula is C13H14N2O3. The molecule has 1 N–H and O–H groups in total. The zero-order chi connectivity index (χ0) is 13.0. The number of hydrogen-bond acceptors (Lipinski definition) is 4. The number of ether oxygens (including phenoxy) is 1. The minimum absolute atomic E-state index is 0.115. The lowest BCUT2D eigenvalue weighted by Crippen LogP contribution is -2.48. The number of phenols is 1. The summed E-state index contributed by atoms with van der Waals surface area (Å²) in [5.41, 5.74) is 0.739. The standard InChI is InChI=1S/C13H14N2O3/c14-8-11-9-18-5-4-15(11)13(17)7-10-2-1-3-12(16)6-10/h1-3,6,11,16H,4-5,7,9H2/t11-/m1/s1. The van der Waals surface area contributed by atoms with Crippen molar-refractivity contribution in [3.8, 4) is 11.8 Å². The second-order valence-electron chi connectivity index (χ2n) is 4.15. The number of nitriles is 1. The summed E-state index contributed by atoms with van der Waals surface area (Å²) in [7, 11) is 0. The van der Waals surface area contributed by atoms with E-state index in [1.54, 1.807) is 24.3 Å². The Kier molecular flexibility index (Phi) is 3.80. The van der Waals surface area contributed by atoms with Gasteiger partial charge in [-0.2, -0.15) is 5.26 Å². The molecule has 1 heterocycles. The van der Waals surface area contributed by atoms with E-state index in [0.29, 0.717) is 13.2 Å². The van der Waals surface area contributed by atoms with Gasteiger partial charge in [0.05, 0.1) is 25.7 Å². The fraction of sp³-hybridized carbons (Fsp3) is 0.385. The minimum Gasteiger partial charge on any atom is -0.508 e. The highest BCUT2D eigenvalue weighted by Gasteiger charge is 2.26. The van der Waals surface area contributed by atoms with Crippen LogP contribution in [0.3, 0.4) is 0 Å². The lowest BCUT2D eigenvalue weighted by molar-refractivity contribution is -0.136. The first-order valence-electron chi connectivity index (χ1n) is 5.75. The second kappa shape index (κ2) is 5.52. The van der Waals surface area contributed by atoms with Gasteiger partial charge in [0.1, 0.15) is 11.8 Å². The van der Waals surface area contributed by atoms with E-state index >= 15 is 0 Å². The van der Waals surface area contributed by atoms with Gasteiger partial charge in [0.25, 0.3) is 0 Å². The zero-order valence-electron chi connectivity index (χ0n) is 9.87. The molecule has 1 atom stereocenters. The number of nitrogens with zero attached hydrogens (tertiary/aromatic N) is 2. The lowest BCUT2D eigenvalue weighted by Gasteiger charge is -2.31. The van der Waals surface area contributed by atoms with Crippen molar-refractivity contribution in [3.63, 3.8) is 0 Å². The summed E-state index contributed by atoms with van der Waals surface area (Å²) in [6.45, 7) is 1.17. The molecule has 2 rings (SSSR count). The highest BCUT2D eigenvalue weighted by Crippen LogP contribution is 2.14. The maximum atomic E-state index is 12.1. The van der Waals surface area contributed by atoms with E-state index in [0.717, 1.165) is 5.56 Å². The van der Waals surface area contributed by atoms with E-state index < -0.39 is 6.04 Å². The molecule has 5 nitrogen and oxygen atoms in total. The van der Waals surface area contributed by atoms with Crippen LogP contribution in [0, 0.1) is 11.3 Å². The Morgan fingerprint density at radius 1 is 1.61 bits per heavy atom. The number of morpholine rings is 1. The van der Waals surface area contributed by atoms with Gasteiger partial charge >= 0.3 is 0 Å². The molecule has 0 aliphatic carbocycles. The highest BCUT2D eigenvalue weighted by molar-refractivity contribution is 5.79. The van der Waals surface area contributed by atoms with Gasteiger partial charge < -0.3 is 14.7 Å². The molecule has 1 aliphatic rings. The van der Waals surface area contributed by atoms with Gasteiger partial charge in [-0.1, -0.05) is 12.1 Å². The van der Waals surface area contributed by atoms with Crippen molar-refractivity contribution in [1.29, 1.82) is 5.26 Å². The number of rotatable bonds is 2. The Balaban J connectivity index is 2.05. The van der Waals surface area contributed by atoms with Crippen molar-refractivity contribution in [3.05, 3.63) is 29.8 Å². The van der Waals surface area contributed by atoms with Crippen LogP contribution in [0.15, 0.2) is 24.3 Å². The van der Waals surface area contributed by atoms with Crippen LogP contribution in [0.4, 0.5) is 0 Å². The Labute approximate surface area is 105 Å². The van der Waals surface area contributed by atoms with Crippen LogP contribution >= 0.6 is 0 Å². The van der Waals surface area contributed by atoms with Gasteiger partial charge in [0, 0.05) is 6.54 Å². The largest absolute Gasteiger partial charge is 0.508 e. The van der Waals surface area contributed by atoms with E-state index in [4.69, 9.17) is 10.00 Å². The normalized spacial score (nSPS) is 19.3. The van der Waals surface area contributed by atoms with Crippen molar-refractivity contribution in [2.75, 3.05) is 19.8 Å². The van der Waals surface area contributed by atoms with Crippen molar-refractivity contribution in [2.24, 2.45) is 0 Å². The SMILES string of the molecule is N#C[C@@H]1COCCN1C(=O)Cc1cccc(O)c1. The summed E-state index contributed by atoms with van der Waals surface area (Å²) in [5.74, 6) is 0.0227. The average Bonchev–Trinajstić information content (AvgIpc) is 2.38. The van der Waals surface area contributed by atoms with Crippen molar-refractivity contribution < 1.29 is 14.6 Å². The molecule has 1 aliphatic heterocycles. The maximum absolute atomic E-state index is 12.1. The maximum Gasteiger partial charge on any atom is 0.228 e.